The molecule has 0 atom stereocenters. The average molecular weight is 489 g/mol. The number of hydrogen-bond donors (Lipinski definition) is 0. The van der Waals surface area contributed by atoms with Crippen molar-refractivity contribution < 1.29 is 32.6 Å². The molecule has 1 amide bonds. The monoisotopic (exact) mass is 488 g/mol. The van der Waals surface area contributed by atoms with E-state index in [1.54, 1.807) is 23.6 Å². The highest BCUT2D eigenvalue weighted by Crippen LogP contribution is 2.34. The Balaban J connectivity index is 1.55. The number of likely N-dealkylation sites (tertiary alicyclic amines) is 1. The number of piperidine rings is 1. The molecule has 0 radical (unpaired) electrons. The molecule has 10 heteroatoms. The van der Waals surface area contributed by atoms with Gasteiger partial charge in [-0.3, -0.25) is 9.59 Å². The van der Waals surface area contributed by atoms with Gasteiger partial charge in [-0.25, -0.2) is 18.6 Å². The number of alkyl halides is 1. The first-order valence-corrected chi connectivity index (χ1v) is 11.4. The molecule has 1 saturated heterocycles. The molecule has 3 heterocycles. The van der Waals surface area contributed by atoms with Gasteiger partial charge in [0.05, 0.1) is 19.7 Å². The van der Waals surface area contributed by atoms with Crippen LogP contribution in [-0.4, -0.2) is 60.5 Å². The summed E-state index contributed by atoms with van der Waals surface area (Å²) in [6, 6.07) is 7.31. The zero-order valence-electron chi connectivity index (χ0n) is 18.6. The lowest BCUT2D eigenvalue weighted by Gasteiger charge is -2.36. The number of Topliss-reactive ketones (excluding diaryl/α,β-unsaturated/α-hetero) is 1. The molecule has 0 spiro atoms. The predicted octanol–water partition coefficient (Wildman–Crippen LogP) is 3.99. The van der Waals surface area contributed by atoms with Crippen LogP contribution in [0.4, 0.5) is 8.78 Å². The van der Waals surface area contributed by atoms with Crippen molar-refractivity contribution in [2.75, 3.05) is 27.3 Å². The average Bonchev–Trinajstić information content (AvgIpc) is 3.26. The van der Waals surface area contributed by atoms with Gasteiger partial charge in [0.1, 0.15) is 16.4 Å². The van der Waals surface area contributed by atoms with Crippen molar-refractivity contribution in [1.82, 2.24) is 9.88 Å². The lowest BCUT2D eigenvalue weighted by molar-refractivity contribution is -0.135. The van der Waals surface area contributed by atoms with Crippen LogP contribution in [0.2, 0.25) is 0 Å². The molecule has 1 fully saturated rings. The lowest BCUT2D eigenvalue weighted by atomic mass is 9.87. The Labute approximate surface area is 198 Å². The van der Waals surface area contributed by atoms with E-state index in [0.29, 0.717) is 10.9 Å². The maximum atomic E-state index is 15.4. The number of amides is 1. The van der Waals surface area contributed by atoms with Gasteiger partial charge in [-0.1, -0.05) is 12.1 Å². The van der Waals surface area contributed by atoms with Crippen LogP contribution < -0.4 is 4.74 Å². The molecule has 0 bridgehead atoms. The molecule has 1 aliphatic rings. The predicted molar refractivity (Wildman–Crippen MR) is 122 cm³/mol. The fourth-order valence-corrected chi connectivity index (χ4v) is 4.91. The summed E-state index contributed by atoms with van der Waals surface area (Å²) in [5.41, 5.74) is -0.628. The summed E-state index contributed by atoms with van der Waals surface area (Å²) >= 11 is 1.02. The van der Waals surface area contributed by atoms with Crippen molar-refractivity contribution >= 4 is 39.9 Å². The molecule has 0 unspecified atom stereocenters. The van der Waals surface area contributed by atoms with Crippen LogP contribution in [-0.2, 0) is 16.0 Å². The van der Waals surface area contributed by atoms with Crippen molar-refractivity contribution in [3.05, 3.63) is 57.7 Å². The van der Waals surface area contributed by atoms with E-state index in [4.69, 9.17) is 4.74 Å². The van der Waals surface area contributed by atoms with E-state index in [1.165, 1.54) is 24.1 Å². The summed E-state index contributed by atoms with van der Waals surface area (Å²) in [5, 5.41) is 2.19. The van der Waals surface area contributed by atoms with Gasteiger partial charge in [0, 0.05) is 30.3 Å². The van der Waals surface area contributed by atoms with Gasteiger partial charge in [0.25, 0.3) is 11.7 Å². The summed E-state index contributed by atoms with van der Waals surface area (Å²) in [6.07, 6.45) is 0.368. The smallest absolute Gasteiger partial charge is 0.380 e. The molecule has 0 N–H and O–H groups in total. The minimum Gasteiger partial charge on any atom is -0.494 e. The Hall–Kier alpha value is -3.40. The van der Waals surface area contributed by atoms with Gasteiger partial charge < -0.3 is 14.4 Å². The van der Waals surface area contributed by atoms with Gasteiger partial charge in [-0.05, 0) is 36.6 Å². The number of fused-ring (bicyclic) bond motifs is 1. The van der Waals surface area contributed by atoms with Crippen LogP contribution in [0.5, 0.6) is 5.75 Å². The standard InChI is InChI=1S/C24H22F2N2O5S/c1-32-17-11-15-13-34-21(20(29)23(31)33-2)18(15)27-19(17)22(30)28-9-7-24(26,8-10-28)12-14-3-5-16(25)6-4-14/h3-6,11,13H,7-10,12H2,1-2H3. The number of rotatable bonds is 6. The maximum absolute atomic E-state index is 15.4. The number of carbonyl (C=O) groups excluding carboxylic acids is 3. The zero-order valence-corrected chi connectivity index (χ0v) is 19.4. The third-order valence-corrected chi connectivity index (χ3v) is 6.90. The van der Waals surface area contributed by atoms with Gasteiger partial charge in [-0.15, -0.1) is 11.3 Å². The van der Waals surface area contributed by atoms with Crippen molar-refractivity contribution in [3.63, 3.8) is 0 Å². The number of ether oxygens (including phenoxy) is 2. The second-order valence-electron chi connectivity index (χ2n) is 8.11. The van der Waals surface area contributed by atoms with E-state index in [1.807, 2.05) is 0 Å². The Morgan fingerprint density at radius 1 is 1.15 bits per heavy atom. The first-order chi connectivity index (χ1) is 16.2. The minimum absolute atomic E-state index is 0.0165. The summed E-state index contributed by atoms with van der Waals surface area (Å²) in [7, 11) is 2.51. The number of nitrogens with zero attached hydrogens (tertiary/aromatic N) is 2. The minimum atomic E-state index is -1.51. The molecule has 1 aliphatic heterocycles. The zero-order chi connectivity index (χ0) is 24.5. The Morgan fingerprint density at radius 3 is 2.44 bits per heavy atom. The number of aromatic nitrogens is 1. The number of benzene rings is 1. The second kappa shape index (κ2) is 9.46. The molecule has 7 nitrogen and oxygen atoms in total. The first kappa shape index (κ1) is 23.7. The van der Waals surface area contributed by atoms with Crippen molar-refractivity contribution in [2.45, 2.75) is 24.9 Å². The largest absolute Gasteiger partial charge is 0.494 e. The van der Waals surface area contributed by atoms with Crippen LogP contribution in [0.3, 0.4) is 0 Å². The maximum Gasteiger partial charge on any atom is 0.380 e. The normalized spacial score (nSPS) is 15.2. The number of esters is 1. The number of hydrogen-bond acceptors (Lipinski definition) is 7. The summed E-state index contributed by atoms with van der Waals surface area (Å²) in [6.45, 7) is 0.327. The molecule has 1 aromatic carbocycles. The number of thiophene rings is 1. The number of pyridine rings is 1. The van der Waals surface area contributed by atoms with Crippen LogP contribution in [0.1, 0.15) is 38.6 Å². The van der Waals surface area contributed by atoms with E-state index in [9.17, 15) is 18.8 Å². The molecule has 2 aromatic heterocycles. The van der Waals surface area contributed by atoms with E-state index >= 15 is 4.39 Å². The van der Waals surface area contributed by atoms with Gasteiger partial charge >= 0.3 is 5.97 Å². The number of ketones is 1. The number of carbonyl (C=O) groups is 3. The number of methoxy groups -OCH3 is 2. The summed E-state index contributed by atoms with van der Waals surface area (Å²) in [4.78, 5) is 43.2. The first-order valence-electron chi connectivity index (χ1n) is 10.6. The fraction of sp³-hybridized carbons (Fsp3) is 0.333. The molecule has 3 aromatic rings. The number of halogens is 2. The third-order valence-electron chi connectivity index (χ3n) is 5.92. The summed E-state index contributed by atoms with van der Waals surface area (Å²) in [5.74, 6) is -2.48. The second-order valence-corrected chi connectivity index (χ2v) is 8.99. The van der Waals surface area contributed by atoms with E-state index < -0.39 is 23.3 Å². The quantitative estimate of drug-likeness (QED) is 0.296. The Bertz CT molecular complexity index is 1250. The van der Waals surface area contributed by atoms with Crippen LogP contribution in [0.25, 0.3) is 10.9 Å². The van der Waals surface area contributed by atoms with Crippen LogP contribution in [0, 0.1) is 5.82 Å². The molecule has 0 aliphatic carbocycles. The molecule has 4 rings (SSSR count). The molecular weight excluding hydrogens is 466 g/mol. The molecular formula is C24H22F2N2O5S. The molecule has 0 saturated carbocycles. The van der Waals surface area contributed by atoms with Crippen LogP contribution in [0.15, 0.2) is 35.7 Å². The van der Waals surface area contributed by atoms with E-state index in [-0.39, 0.29) is 60.0 Å². The highest BCUT2D eigenvalue weighted by Gasteiger charge is 2.37. The van der Waals surface area contributed by atoms with Gasteiger partial charge in [0.2, 0.25) is 0 Å². The van der Waals surface area contributed by atoms with Gasteiger partial charge in [0.15, 0.2) is 11.4 Å². The lowest BCUT2D eigenvalue weighted by Crippen LogP contribution is -2.45. The molecule has 34 heavy (non-hydrogen) atoms. The highest BCUT2D eigenvalue weighted by atomic mass is 32.1. The Kier molecular flexibility index (Phi) is 6.60. The SMILES string of the molecule is COC(=O)C(=O)c1scc2cc(OC)c(C(=O)N3CCC(F)(Cc4ccc(F)cc4)CC3)nc12. The summed E-state index contributed by atoms with van der Waals surface area (Å²) < 4.78 is 38.4. The van der Waals surface area contributed by atoms with Crippen molar-refractivity contribution in [2.24, 2.45) is 0 Å². The van der Waals surface area contributed by atoms with Gasteiger partial charge in [-0.2, -0.15) is 0 Å². The van der Waals surface area contributed by atoms with Crippen LogP contribution >= 0.6 is 11.3 Å². The topological polar surface area (TPSA) is 85.8 Å². The fourth-order valence-electron chi connectivity index (χ4n) is 4.02. The Morgan fingerprint density at radius 2 is 1.82 bits per heavy atom. The third kappa shape index (κ3) is 4.63. The van der Waals surface area contributed by atoms with E-state index in [2.05, 4.69) is 9.72 Å². The van der Waals surface area contributed by atoms with Crippen molar-refractivity contribution in [1.29, 1.82) is 0 Å². The van der Waals surface area contributed by atoms with Crippen molar-refractivity contribution in [3.8, 4) is 5.75 Å². The highest BCUT2D eigenvalue weighted by molar-refractivity contribution is 7.14. The molecule has 178 valence electrons. The van der Waals surface area contributed by atoms with E-state index in [0.717, 1.165) is 18.4 Å².